The Hall–Kier alpha value is -1.45. The van der Waals surface area contributed by atoms with E-state index in [4.69, 9.17) is 0 Å². The van der Waals surface area contributed by atoms with Gasteiger partial charge in [0, 0.05) is 21.9 Å². The molecule has 0 amide bonds. The fourth-order valence-corrected chi connectivity index (χ4v) is 5.93. The molecule has 3 heteroatoms. The minimum Gasteiger partial charge on any atom is -0.335 e. The first-order valence-electron chi connectivity index (χ1n) is 9.20. The van der Waals surface area contributed by atoms with Gasteiger partial charge in [0.15, 0.2) is 0 Å². The standard InChI is InChI=1S/C21H24N2S/c1-15(19-14-16-10-12-22(19)13-11-16)23-17-6-2-4-8-20(17)24-21-9-5-3-7-18(21)23/h2-9,15-16,19H,10-14H2,1H3. The molecule has 4 aliphatic heterocycles. The third-order valence-corrected chi connectivity index (χ3v) is 7.26. The molecule has 2 atom stereocenters. The van der Waals surface area contributed by atoms with Crippen LogP contribution in [0.2, 0.25) is 0 Å². The summed E-state index contributed by atoms with van der Waals surface area (Å²) in [4.78, 5) is 8.14. The predicted octanol–water partition coefficient (Wildman–Crippen LogP) is 5.16. The third-order valence-electron chi connectivity index (χ3n) is 6.13. The Labute approximate surface area is 148 Å². The maximum Gasteiger partial charge on any atom is 0.0555 e. The van der Waals surface area contributed by atoms with Crippen molar-refractivity contribution in [2.24, 2.45) is 5.92 Å². The molecule has 3 fully saturated rings. The Kier molecular flexibility index (Phi) is 3.60. The van der Waals surface area contributed by atoms with Crippen molar-refractivity contribution in [2.75, 3.05) is 18.0 Å². The number of benzene rings is 2. The van der Waals surface area contributed by atoms with Crippen molar-refractivity contribution in [3.63, 3.8) is 0 Å². The summed E-state index contributed by atoms with van der Waals surface area (Å²) in [6.45, 7) is 5.03. The zero-order valence-electron chi connectivity index (χ0n) is 14.2. The highest BCUT2D eigenvalue weighted by molar-refractivity contribution is 7.99. The predicted molar refractivity (Wildman–Crippen MR) is 101 cm³/mol. The lowest BCUT2D eigenvalue weighted by Crippen LogP contribution is -2.57. The maximum absolute atomic E-state index is 2.75. The van der Waals surface area contributed by atoms with Gasteiger partial charge in [0.05, 0.1) is 11.4 Å². The summed E-state index contributed by atoms with van der Waals surface area (Å²) < 4.78 is 0. The molecular weight excluding hydrogens is 312 g/mol. The fourth-order valence-electron chi connectivity index (χ4n) is 4.86. The molecule has 24 heavy (non-hydrogen) atoms. The Balaban J connectivity index is 1.57. The number of hydrogen-bond donors (Lipinski definition) is 0. The van der Waals surface area contributed by atoms with Crippen molar-refractivity contribution in [1.82, 2.24) is 4.90 Å². The van der Waals surface area contributed by atoms with E-state index in [1.165, 1.54) is 53.5 Å². The number of rotatable bonds is 2. The minimum absolute atomic E-state index is 0.510. The molecular formula is C21H24N2S. The number of nitrogens with zero attached hydrogens (tertiary/aromatic N) is 2. The zero-order valence-corrected chi connectivity index (χ0v) is 15.0. The Bertz CT molecular complexity index is 706. The summed E-state index contributed by atoms with van der Waals surface area (Å²) in [6.07, 6.45) is 4.19. The highest BCUT2D eigenvalue weighted by Gasteiger charge is 2.40. The summed E-state index contributed by atoms with van der Waals surface area (Å²) in [5, 5.41) is 0. The smallest absolute Gasteiger partial charge is 0.0555 e. The van der Waals surface area contributed by atoms with E-state index in [9.17, 15) is 0 Å². The second-order valence-electron chi connectivity index (χ2n) is 7.43. The summed E-state index contributed by atoms with van der Waals surface area (Å²) >= 11 is 1.91. The average Bonchev–Trinajstić information content (AvgIpc) is 2.66. The molecule has 4 heterocycles. The van der Waals surface area contributed by atoms with Crippen molar-refractivity contribution in [3.05, 3.63) is 48.5 Å². The van der Waals surface area contributed by atoms with Crippen LogP contribution in [0.5, 0.6) is 0 Å². The molecule has 3 saturated heterocycles. The largest absolute Gasteiger partial charge is 0.335 e. The quantitative estimate of drug-likeness (QED) is 0.748. The van der Waals surface area contributed by atoms with E-state index in [0.29, 0.717) is 12.1 Å². The van der Waals surface area contributed by atoms with E-state index >= 15 is 0 Å². The van der Waals surface area contributed by atoms with Gasteiger partial charge in [-0.15, -0.1) is 0 Å². The van der Waals surface area contributed by atoms with Gasteiger partial charge in [-0.1, -0.05) is 36.0 Å². The van der Waals surface area contributed by atoms with Crippen molar-refractivity contribution in [1.29, 1.82) is 0 Å². The topological polar surface area (TPSA) is 6.48 Å². The van der Waals surface area contributed by atoms with E-state index in [0.717, 1.165) is 5.92 Å². The number of hydrogen-bond acceptors (Lipinski definition) is 3. The van der Waals surface area contributed by atoms with Crippen LogP contribution in [0, 0.1) is 5.92 Å². The van der Waals surface area contributed by atoms with Gasteiger partial charge in [-0.2, -0.15) is 0 Å². The summed E-state index contributed by atoms with van der Waals surface area (Å²) in [6, 6.07) is 19.0. The molecule has 124 valence electrons. The molecule has 0 aliphatic carbocycles. The summed E-state index contributed by atoms with van der Waals surface area (Å²) in [7, 11) is 0. The number of piperidine rings is 3. The second-order valence-corrected chi connectivity index (χ2v) is 8.51. The Morgan fingerprint density at radius 1 is 0.917 bits per heavy atom. The first-order chi connectivity index (χ1) is 11.8. The average molecular weight is 337 g/mol. The minimum atomic E-state index is 0.510. The van der Waals surface area contributed by atoms with Gasteiger partial charge in [-0.25, -0.2) is 0 Å². The molecule has 0 saturated carbocycles. The van der Waals surface area contributed by atoms with Crippen molar-refractivity contribution >= 4 is 23.1 Å². The highest BCUT2D eigenvalue weighted by atomic mass is 32.2. The SMILES string of the molecule is CC(C1CC2CCN1CC2)N1c2ccccc2Sc2ccccc21. The van der Waals surface area contributed by atoms with Gasteiger partial charge in [0.25, 0.3) is 0 Å². The van der Waals surface area contributed by atoms with Crippen LogP contribution in [-0.4, -0.2) is 30.1 Å². The lowest BCUT2D eigenvalue weighted by atomic mass is 9.80. The van der Waals surface area contributed by atoms with Crippen LogP contribution < -0.4 is 4.90 Å². The molecule has 4 aliphatic rings. The van der Waals surface area contributed by atoms with Gasteiger partial charge in [-0.3, -0.25) is 4.90 Å². The zero-order chi connectivity index (χ0) is 16.1. The molecule has 0 radical (unpaired) electrons. The first-order valence-corrected chi connectivity index (χ1v) is 10.0. The third kappa shape index (κ3) is 2.29. The van der Waals surface area contributed by atoms with E-state index in [-0.39, 0.29) is 0 Å². The van der Waals surface area contributed by atoms with Gasteiger partial charge >= 0.3 is 0 Å². The van der Waals surface area contributed by atoms with E-state index < -0.39 is 0 Å². The van der Waals surface area contributed by atoms with Crippen LogP contribution in [0.25, 0.3) is 0 Å². The molecule has 2 aromatic rings. The van der Waals surface area contributed by atoms with Gasteiger partial charge in [0.2, 0.25) is 0 Å². The van der Waals surface area contributed by atoms with Crippen molar-refractivity contribution in [2.45, 2.75) is 48.1 Å². The highest BCUT2D eigenvalue weighted by Crippen LogP contribution is 2.50. The number of para-hydroxylation sites is 2. The molecule has 2 nitrogen and oxygen atoms in total. The van der Waals surface area contributed by atoms with Crippen LogP contribution in [0.15, 0.2) is 58.3 Å². The lowest BCUT2D eigenvalue weighted by Gasteiger charge is -2.51. The van der Waals surface area contributed by atoms with Crippen LogP contribution >= 0.6 is 11.8 Å². The Morgan fingerprint density at radius 3 is 2.04 bits per heavy atom. The van der Waals surface area contributed by atoms with Gasteiger partial charge < -0.3 is 4.90 Å². The van der Waals surface area contributed by atoms with E-state index in [1.54, 1.807) is 0 Å². The molecule has 6 rings (SSSR count). The van der Waals surface area contributed by atoms with Crippen molar-refractivity contribution < 1.29 is 0 Å². The van der Waals surface area contributed by atoms with E-state index in [2.05, 4.69) is 65.3 Å². The van der Waals surface area contributed by atoms with Crippen LogP contribution in [0.3, 0.4) is 0 Å². The molecule has 0 N–H and O–H groups in total. The first kappa shape index (κ1) is 14.9. The molecule has 2 unspecified atom stereocenters. The molecule has 2 bridgehead atoms. The fraction of sp³-hybridized carbons (Fsp3) is 0.429. The van der Waals surface area contributed by atoms with E-state index in [1.807, 2.05) is 11.8 Å². The summed E-state index contributed by atoms with van der Waals surface area (Å²) in [5.74, 6) is 0.951. The number of fused-ring (bicyclic) bond motifs is 5. The summed E-state index contributed by atoms with van der Waals surface area (Å²) in [5.41, 5.74) is 2.77. The van der Waals surface area contributed by atoms with Gasteiger partial charge in [0.1, 0.15) is 0 Å². The Morgan fingerprint density at radius 2 is 1.50 bits per heavy atom. The lowest BCUT2D eigenvalue weighted by molar-refractivity contribution is 0.0389. The molecule has 0 aromatic heterocycles. The maximum atomic E-state index is 2.75. The van der Waals surface area contributed by atoms with Crippen LogP contribution in [-0.2, 0) is 0 Å². The van der Waals surface area contributed by atoms with Crippen molar-refractivity contribution in [3.8, 4) is 0 Å². The number of anilines is 2. The molecule has 2 aromatic carbocycles. The normalized spacial score (nSPS) is 29.0. The van der Waals surface area contributed by atoms with Crippen LogP contribution in [0.1, 0.15) is 26.2 Å². The monoisotopic (exact) mass is 336 g/mol. The van der Waals surface area contributed by atoms with Crippen LogP contribution in [0.4, 0.5) is 11.4 Å². The molecule has 0 spiro atoms. The van der Waals surface area contributed by atoms with Gasteiger partial charge in [-0.05, 0) is 69.5 Å². The second kappa shape index (κ2) is 5.82.